The summed E-state index contributed by atoms with van der Waals surface area (Å²) in [5.74, 6) is 0.967. The van der Waals surface area contributed by atoms with Crippen LogP contribution < -0.4 is 10.6 Å². The summed E-state index contributed by atoms with van der Waals surface area (Å²) in [5, 5.41) is 8.81. The summed E-state index contributed by atoms with van der Waals surface area (Å²) in [6.45, 7) is 3.65. The van der Waals surface area contributed by atoms with Crippen molar-refractivity contribution in [3.63, 3.8) is 0 Å². The van der Waals surface area contributed by atoms with Crippen molar-refractivity contribution in [2.24, 2.45) is 4.99 Å². The average Bonchev–Trinajstić information content (AvgIpc) is 3.12. The van der Waals surface area contributed by atoms with Gasteiger partial charge in [-0.25, -0.2) is 4.39 Å². The van der Waals surface area contributed by atoms with Crippen LogP contribution in [0.1, 0.15) is 29.3 Å². The van der Waals surface area contributed by atoms with Gasteiger partial charge in [-0.1, -0.05) is 25.1 Å². The zero-order valence-corrected chi connectivity index (χ0v) is 18.8. The van der Waals surface area contributed by atoms with Gasteiger partial charge in [0.15, 0.2) is 5.96 Å². The van der Waals surface area contributed by atoms with Gasteiger partial charge in [0.05, 0.1) is 6.04 Å². The van der Waals surface area contributed by atoms with E-state index in [-0.39, 0.29) is 35.8 Å². The molecular weight excluding hydrogens is 462 g/mol. The monoisotopic (exact) mass is 490 g/mol. The van der Waals surface area contributed by atoms with E-state index in [1.54, 1.807) is 30.5 Å². The Balaban J connectivity index is 0.00000338. The van der Waals surface area contributed by atoms with Crippen LogP contribution in [0.5, 0.6) is 0 Å². The van der Waals surface area contributed by atoms with Crippen LogP contribution in [0.25, 0.3) is 0 Å². The molecule has 2 aromatic rings. The number of likely N-dealkylation sites (N-methyl/N-ethyl adjacent to an activating group) is 1. The summed E-state index contributed by atoms with van der Waals surface area (Å²) in [6, 6.07) is 11.0. The van der Waals surface area contributed by atoms with E-state index in [9.17, 15) is 4.39 Å². The van der Waals surface area contributed by atoms with Crippen LogP contribution in [0, 0.1) is 5.82 Å². The Bertz CT molecular complexity index is 676. The molecule has 0 radical (unpaired) electrons. The number of nitrogens with zero attached hydrogens (tertiary/aromatic N) is 2. The van der Waals surface area contributed by atoms with Crippen LogP contribution in [0.15, 0.2) is 46.8 Å². The Labute approximate surface area is 176 Å². The number of hydrogen-bond donors (Lipinski definition) is 2. The van der Waals surface area contributed by atoms with Gasteiger partial charge < -0.3 is 15.5 Å². The molecule has 2 atom stereocenters. The highest BCUT2D eigenvalue weighted by Gasteiger charge is 2.15. The maximum Gasteiger partial charge on any atom is 0.191 e. The van der Waals surface area contributed by atoms with Crippen LogP contribution in [0.2, 0.25) is 0 Å². The van der Waals surface area contributed by atoms with Gasteiger partial charge >= 0.3 is 0 Å². The van der Waals surface area contributed by atoms with E-state index < -0.39 is 0 Å². The van der Waals surface area contributed by atoms with Crippen LogP contribution in [0.4, 0.5) is 4.39 Å². The molecule has 0 bridgehead atoms. The third kappa shape index (κ3) is 6.85. The number of thiophene rings is 1. The van der Waals surface area contributed by atoms with Gasteiger partial charge in [-0.2, -0.15) is 0 Å². The molecule has 0 aliphatic rings. The zero-order valence-electron chi connectivity index (χ0n) is 15.7. The van der Waals surface area contributed by atoms with Crippen molar-refractivity contribution in [3.8, 4) is 0 Å². The lowest BCUT2D eigenvalue weighted by Gasteiger charge is -2.26. The van der Waals surface area contributed by atoms with Gasteiger partial charge in [0.1, 0.15) is 5.82 Å². The van der Waals surface area contributed by atoms with Gasteiger partial charge in [0, 0.05) is 30.9 Å². The Morgan fingerprint density at radius 2 is 1.92 bits per heavy atom. The fourth-order valence-electron chi connectivity index (χ4n) is 2.65. The van der Waals surface area contributed by atoms with Crippen LogP contribution in [0.3, 0.4) is 0 Å². The van der Waals surface area contributed by atoms with Crippen molar-refractivity contribution in [2.75, 3.05) is 34.2 Å². The first-order chi connectivity index (χ1) is 12.0. The number of benzene rings is 1. The third-order valence-electron chi connectivity index (χ3n) is 4.15. The highest BCUT2D eigenvalue weighted by Crippen LogP contribution is 2.20. The van der Waals surface area contributed by atoms with Crippen LogP contribution in [-0.2, 0) is 0 Å². The van der Waals surface area contributed by atoms with E-state index in [1.807, 2.05) is 20.2 Å². The first-order valence-corrected chi connectivity index (χ1v) is 9.29. The quantitative estimate of drug-likeness (QED) is 0.349. The van der Waals surface area contributed by atoms with Gasteiger partial charge in [-0.3, -0.25) is 4.99 Å². The summed E-state index contributed by atoms with van der Waals surface area (Å²) in [6.07, 6.45) is 0. The van der Waals surface area contributed by atoms with E-state index in [4.69, 9.17) is 0 Å². The molecule has 1 heterocycles. The Kier molecular flexibility index (Phi) is 10.1. The Morgan fingerprint density at radius 3 is 2.50 bits per heavy atom. The van der Waals surface area contributed by atoms with Gasteiger partial charge in [-0.05, 0) is 43.2 Å². The van der Waals surface area contributed by atoms with Gasteiger partial charge in [-0.15, -0.1) is 35.3 Å². The molecule has 0 saturated carbocycles. The van der Waals surface area contributed by atoms with Crippen LogP contribution >= 0.6 is 35.3 Å². The highest BCUT2D eigenvalue weighted by atomic mass is 127. The van der Waals surface area contributed by atoms with Crippen molar-refractivity contribution >= 4 is 41.3 Å². The molecule has 26 heavy (non-hydrogen) atoms. The van der Waals surface area contributed by atoms with Crippen molar-refractivity contribution < 1.29 is 4.39 Å². The summed E-state index contributed by atoms with van der Waals surface area (Å²) in [5.41, 5.74) is 0.944. The van der Waals surface area contributed by atoms with E-state index in [0.29, 0.717) is 12.5 Å². The molecule has 2 unspecified atom stereocenters. The predicted octanol–water partition coefficient (Wildman–Crippen LogP) is 4.08. The van der Waals surface area contributed by atoms with Crippen LogP contribution in [-0.4, -0.2) is 45.1 Å². The van der Waals surface area contributed by atoms with Gasteiger partial charge in [0.25, 0.3) is 0 Å². The number of guanidine groups is 1. The average molecular weight is 490 g/mol. The minimum absolute atomic E-state index is 0. The lowest BCUT2D eigenvalue weighted by Crippen LogP contribution is -2.42. The second-order valence-corrected chi connectivity index (χ2v) is 7.26. The smallest absolute Gasteiger partial charge is 0.191 e. The van der Waals surface area contributed by atoms with Crippen molar-refractivity contribution in [2.45, 2.75) is 18.9 Å². The number of hydrogen-bond acceptors (Lipinski definition) is 3. The van der Waals surface area contributed by atoms with Crippen molar-refractivity contribution in [3.05, 3.63) is 58.0 Å². The molecule has 2 N–H and O–H groups in total. The summed E-state index contributed by atoms with van der Waals surface area (Å²) in [7, 11) is 5.75. The maximum atomic E-state index is 13.5. The second-order valence-electron chi connectivity index (χ2n) is 6.28. The van der Waals surface area contributed by atoms with E-state index in [2.05, 4.69) is 45.0 Å². The molecule has 0 saturated heterocycles. The van der Waals surface area contributed by atoms with E-state index in [1.165, 1.54) is 10.9 Å². The number of rotatable bonds is 7. The normalized spacial score (nSPS) is 13.8. The molecule has 144 valence electrons. The number of aliphatic imine (C=N–C) groups is 1. The summed E-state index contributed by atoms with van der Waals surface area (Å²) < 4.78 is 13.5. The first-order valence-electron chi connectivity index (χ1n) is 8.41. The molecule has 0 aliphatic carbocycles. The molecule has 1 aromatic heterocycles. The fourth-order valence-corrected chi connectivity index (χ4v) is 3.44. The largest absolute Gasteiger partial charge is 0.356 e. The van der Waals surface area contributed by atoms with Gasteiger partial charge in [0.2, 0.25) is 0 Å². The molecule has 0 amide bonds. The Hall–Kier alpha value is -1.19. The standard InChI is InChI=1S/C19H27FN4S.HI/c1-14(18-9-6-10-25-18)12-22-19(21-2)23-13-17(24(3)4)15-7-5-8-16(20)11-15;/h5-11,14,17H,12-13H2,1-4H3,(H2,21,22,23);1H. The van der Waals surface area contributed by atoms with Crippen molar-refractivity contribution in [1.29, 1.82) is 0 Å². The lowest BCUT2D eigenvalue weighted by atomic mass is 10.1. The molecule has 4 nitrogen and oxygen atoms in total. The molecule has 2 rings (SSSR count). The van der Waals surface area contributed by atoms with E-state index in [0.717, 1.165) is 18.1 Å². The molecule has 7 heteroatoms. The number of halogens is 2. The first kappa shape index (κ1) is 22.9. The molecule has 0 aliphatic heterocycles. The topological polar surface area (TPSA) is 39.7 Å². The summed E-state index contributed by atoms with van der Waals surface area (Å²) >= 11 is 1.77. The SMILES string of the molecule is CN=C(NCC(C)c1cccs1)NCC(c1cccc(F)c1)N(C)C.I. The zero-order chi connectivity index (χ0) is 18.2. The predicted molar refractivity (Wildman–Crippen MR) is 120 cm³/mol. The molecule has 0 spiro atoms. The molecule has 0 fully saturated rings. The minimum Gasteiger partial charge on any atom is -0.356 e. The third-order valence-corrected chi connectivity index (χ3v) is 5.25. The Morgan fingerprint density at radius 1 is 1.19 bits per heavy atom. The minimum atomic E-state index is -0.211. The molecular formula is C19H28FIN4S. The maximum absolute atomic E-state index is 13.5. The summed E-state index contributed by atoms with van der Waals surface area (Å²) in [4.78, 5) is 7.72. The highest BCUT2D eigenvalue weighted by molar-refractivity contribution is 14.0. The fraction of sp³-hybridized carbons (Fsp3) is 0.421. The second kappa shape index (κ2) is 11.5. The lowest BCUT2D eigenvalue weighted by molar-refractivity contribution is 0.297. The molecule has 1 aromatic carbocycles. The number of nitrogens with one attached hydrogen (secondary N) is 2. The van der Waals surface area contributed by atoms with Crippen molar-refractivity contribution in [1.82, 2.24) is 15.5 Å². The van der Waals surface area contributed by atoms with E-state index >= 15 is 0 Å².